The summed E-state index contributed by atoms with van der Waals surface area (Å²) in [5, 5.41) is 2.95. The maximum Gasteiger partial charge on any atom is 0.251 e. The molecule has 3 rings (SSSR count). The molecule has 1 aliphatic carbocycles. The predicted octanol–water partition coefficient (Wildman–Crippen LogP) is 3.64. The van der Waals surface area contributed by atoms with E-state index in [4.69, 9.17) is 4.74 Å². The molecular weight excluding hydrogens is 288 g/mol. The van der Waals surface area contributed by atoms with Crippen LogP contribution >= 0.6 is 0 Å². The number of carbonyl (C=O) groups is 1. The molecule has 1 aliphatic rings. The topological polar surface area (TPSA) is 51.2 Å². The number of nitrogens with one attached hydrogen (secondary N) is 1. The van der Waals surface area contributed by atoms with Gasteiger partial charge in [0.2, 0.25) is 5.88 Å². The van der Waals surface area contributed by atoms with E-state index in [9.17, 15) is 4.79 Å². The number of ether oxygens (including phenoxy) is 1. The Hall–Kier alpha value is -2.36. The fraction of sp³-hybridized carbons (Fsp3) is 0.368. The van der Waals surface area contributed by atoms with Gasteiger partial charge in [0, 0.05) is 23.9 Å². The molecule has 1 saturated carbocycles. The fourth-order valence-electron chi connectivity index (χ4n) is 2.89. The number of hydrogen-bond donors (Lipinski definition) is 1. The van der Waals surface area contributed by atoms with Crippen molar-refractivity contribution in [1.29, 1.82) is 0 Å². The number of amides is 1. The molecule has 0 bridgehead atoms. The summed E-state index contributed by atoms with van der Waals surface area (Å²) in [6.45, 7) is 2.40. The first-order chi connectivity index (χ1) is 11.2. The zero-order chi connectivity index (χ0) is 16.1. The van der Waals surface area contributed by atoms with Crippen LogP contribution in [0.1, 0.15) is 47.2 Å². The Morgan fingerprint density at radius 3 is 2.87 bits per heavy atom. The quantitative estimate of drug-likeness (QED) is 0.917. The Balaban J connectivity index is 1.64. The summed E-state index contributed by atoms with van der Waals surface area (Å²) >= 11 is 0. The molecule has 1 amide bonds. The lowest BCUT2D eigenvalue weighted by molar-refractivity contribution is 0.0950. The predicted molar refractivity (Wildman–Crippen MR) is 89.5 cm³/mol. The smallest absolute Gasteiger partial charge is 0.251 e. The molecule has 1 fully saturated rings. The van der Waals surface area contributed by atoms with Gasteiger partial charge in [0.25, 0.3) is 5.91 Å². The van der Waals surface area contributed by atoms with E-state index in [0.717, 1.165) is 24.0 Å². The van der Waals surface area contributed by atoms with Crippen molar-refractivity contribution >= 4 is 5.91 Å². The normalized spacial score (nSPS) is 14.7. The monoisotopic (exact) mass is 310 g/mol. The van der Waals surface area contributed by atoms with Gasteiger partial charge >= 0.3 is 0 Å². The first kappa shape index (κ1) is 15.5. The van der Waals surface area contributed by atoms with Crippen molar-refractivity contribution in [3.8, 4) is 5.88 Å². The summed E-state index contributed by atoms with van der Waals surface area (Å²) in [5.74, 6) is 0.563. The van der Waals surface area contributed by atoms with Crippen LogP contribution in [0, 0.1) is 6.92 Å². The zero-order valence-electron chi connectivity index (χ0n) is 13.4. The molecule has 1 N–H and O–H groups in total. The number of aryl methyl sites for hydroxylation is 1. The molecule has 0 atom stereocenters. The highest BCUT2D eigenvalue weighted by Gasteiger charge is 2.18. The van der Waals surface area contributed by atoms with Crippen molar-refractivity contribution < 1.29 is 9.53 Å². The summed E-state index contributed by atoms with van der Waals surface area (Å²) in [6.07, 6.45) is 6.61. The molecule has 120 valence electrons. The molecule has 0 radical (unpaired) electrons. The van der Waals surface area contributed by atoms with E-state index in [1.165, 1.54) is 12.8 Å². The van der Waals surface area contributed by atoms with Gasteiger partial charge in [0.15, 0.2) is 0 Å². The van der Waals surface area contributed by atoms with Crippen LogP contribution < -0.4 is 10.1 Å². The highest BCUT2D eigenvalue weighted by Crippen LogP contribution is 2.24. The number of benzene rings is 1. The largest absolute Gasteiger partial charge is 0.474 e. The second-order valence-electron chi connectivity index (χ2n) is 6.04. The van der Waals surface area contributed by atoms with Crippen LogP contribution in [-0.4, -0.2) is 17.0 Å². The summed E-state index contributed by atoms with van der Waals surface area (Å²) in [6, 6.07) is 11.4. The second-order valence-corrected chi connectivity index (χ2v) is 6.04. The van der Waals surface area contributed by atoms with Gasteiger partial charge in [0.1, 0.15) is 6.10 Å². The maximum absolute atomic E-state index is 12.3. The van der Waals surface area contributed by atoms with Gasteiger partial charge in [0.05, 0.1) is 0 Å². The molecule has 4 heteroatoms. The highest BCUT2D eigenvalue weighted by molar-refractivity contribution is 5.94. The molecule has 0 saturated heterocycles. The van der Waals surface area contributed by atoms with Crippen molar-refractivity contribution in [3.63, 3.8) is 0 Å². The van der Waals surface area contributed by atoms with E-state index in [1.54, 1.807) is 6.20 Å². The number of aromatic nitrogens is 1. The fourth-order valence-corrected chi connectivity index (χ4v) is 2.89. The third kappa shape index (κ3) is 4.09. The van der Waals surface area contributed by atoms with E-state index in [-0.39, 0.29) is 12.0 Å². The summed E-state index contributed by atoms with van der Waals surface area (Å²) < 4.78 is 6.00. The zero-order valence-corrected chi connectivity index (χ0v) is 13.4. The Morgan fingerprint density at radius 1 is 1.26 bits per heavy atom. The van der Waals surface area contributed by atoms with Crippen LogP contribution in [0.15, 0.2) is 42.6 Å². The van der Waals surface area contributed by atoms with Crippen molar-refractivity contribution in [2.75, 3.05) is 0 Å². The van der Waals surface area contributed by atoms with Gasteiger partial charge in [-0.15, -0.1) is 0 Å². The van der Waals surface area contributed by atoms with E-state index >= 15 is 0 Å². The maximum atomic E-state index is 12.3. The van der Waals surface area contributed by atoms with Crippen LogP contribution in [0.5, 0.6) is 5.88 Å². The third-order valence-corrected chi connectivity index (χ3v) is 4.15. The van der Waals surface area contributed by atoms with Gasteiger partial charge in [-0.05, 0) is 50.8 Å². The van der Waals surface area contributed by atoms with Crippen molar-refractivity contribution in [2.45, 2.75) is 45.3 Å². The van der Waals surface area contributed by atoms with Gasteiger partial charge in [-0.25, -0.2) is 4.98 Å². The lowest BCUT2D eigenvalue weighted by atomic mass is 10.1. The minimum Gasteiger partial charge on any atom is -0.474 e. The van der Waals surface area contributed by atoms with Gasteiger partial charge in [-0.3, -0.25) is 4.79 Å². The first-order valence-corrected chi connectivity index (χ1v) is 8.18. The van der Waals surface area contributed by atoms with E-state index < -0.39 is 0 Å². The van der Waals surface area contributed by atoms with Gasteiger partial charge in [-0.2, -0.15) is 0 Å². The molecule has 1 aromatic heterocycles. The molecule has 0 aliphatic heterocycles. The van der Waals surface area contributed by atoms with Crippen molar-refractivity contribution in [1.82, 2.24) is 10.3 Å². The average Bonchev–Trinajstić information content (AvgIpc) is 3.07. The molecule has 0 unspecified atom stereocenters. The lowest BCUT2D eigenvalue weighted by Crippen LogP contribution is -2.24. The Morgan fingerprint density at radius 2 is 2.09 bits per heavy atom. The Labute approximate surface area is 136 Å². The number of pyridine rings is 1. The Kier molecular flexibility index (Phi) is 4.91. The molecule has 2 aromatic rings. The van der Waals surface area contributed by atoms with Crippen molar-refractivity contribution in [2.24, 2.45) is 0 Å². The number of hydrogen-bond acceptors (Lipinski definition) is 3. The Bertz CT molecular complexity index is 679. The molecule has 1 aromatic carbocycles. The van der Waals surface area contributed by atoms with Crippen LogP contribution in [0.25, 0.3) is 0 Å². The van der Waals surface area contributed by atoms with Crippen LogP contribution in [0.3, 0.4) is 0 Å². The first-order valence-electron chi connectivity index (χ1n) is 8.18. The van der Waals surface area contributed by atoms with E-state index in [2.05, 4.69) is 10.3 Å². The van der Waals surface area contributed by atoms with Gasteiger partial charge in [-0.1, -0.05) is 23.8 Å². The van der Waals surface area contributed by atoms with Crippen LogP contribution in [0.2, 0.25) is 0 Å². The lowest BCUT2D eigenvalue weighted by Gasteiger charge is -2.15. The summed E-state index contributed by atoms with van der Waals surface area (Å²) in [7, 11) is 0. The summed E-state index contributed by atoms with van der Waals surface area (Å²) in [5.41, 5.74) is 2.66. The third-order valence-electron chi connectivity index (χ3n) is 4.15. The molecule has 4 nitrogen and oxygen atoms in total. The van der Waals surface area contributed by atoms with Gasteiger partial charge < -0.3 is 10.1 Å². The SMILES string of the molecule is Cc1cccc(C(=O)NCc2cccnc2OC2CCCC2)c1. The second kappa shape index (κ2) is 7.27. The number of nitrogens with zero attached hydrogens (tertiary/aromatic N) is 1. The average molecular weight is 310 g/mol. The molecule has 1 heterocycles. The number of rotatable bonds is 5. The minimum absolute atomic E-state index is 0.0793. The molecule has 0 spiro atoms. The molecular formula is C19H22N2O2. The van der Waals surface area contributed by atoms with Crippen LogP contribution in [-0.2, 0) is 6.54 Å². The summed E-state index contributed by atoms with van der Waals surface area (Å²) in [4.78, 5) is 16.6. The standard InChI is InChI=1S/C19H22N2O2/c1-14-6-4-7-15(12-14)18(22)21-13-16-8-5-11-20-19(16)23-17-9-2-3-10-17/h4-8,11-12,17H,2-3,9-10,13H2,1H3,(H,21,22). The molecule has 23 heavy (non-hydrogen) atoms. The van der Waals surface area contributed by atoms with E-state index in [0.29, 0.717) is 18.0 Å². The minimum atomic E-state index is -0.0793. The van der Waals surface area contributed by atoms with Crippen molar-refractivity contribution in [3.05, 3.63) is 59.3 Å². The van der Waals surface area contributed by atoms with Crippen LogP contribution in [0.4, 0.5) is 0 Å². The highest BCUT2D eigenvalue weighted by atomic mass is 16.5. The van der Waals surface area contributed by atoms with E-state index in [1.807, 2.05) is 43.3 Å². The number of carbonyl (C=O) groups excluding carboxylic acids is 1.